The fourth-order valence-electron chi connectivity index (χ4n) is 5.31. The summed E-state index contributed by atoms with van der Waals surface area (Å²) in [6, 6.07) is 56.2. The SMILES string of the molecule is c1ccc(SCCc2ccc(Cc3ccccc3Oc3ccccc3Cc3ccc(CCSc4ccccc4)cc3)cc2)cc1. The summed E-state index contributed by atoms with van der Waals surface area (Å²) < 4.78 is 6.62. The van der Waals surface area contributed by atoms with Gasteiger partial charge in [0.15, 0.2) is 0 Å². The lowest BCUT2D eigenvalue weighted by Crippen LogP contribution is -1.98. The zero-order valence-corrected chi connectivity index (χ0v) is 27.1. The van der Waals surface area contributed by atoms with E-state index in [-0.39, 0.29) is 0 Å². The topological polar surface area (TPSA) is 9.23 Å². The second-order valence-corrected chi connectivity index (χ2v) is 13.5. The quantitative estimate of drug-likeness (QED) is 0.112. The number of rotatable bonds is 14. The summed E-state index contributed by atoms with van der Waals surface area (Å²) in [6.45, 7) is 0. The van der Waals surface area contributed by atoms with E-state index in [0.29, 0.717) is 0 Å². The van der Waals surface area contributed by atoms with Gasteiger partial charge in [-0.05, 0) is 82.6 Å². The van der Waals surface area contributed by atoms with Crippen molar-refractivity contribution in [3.05, 3.63) is 191 Å². The molecule has 0 N–H and O–H groups in total. The van der Waals surface area contributed by atoms with Gasteiger partial charge in [-0.15, -0.1) is 23.5 Å². The van der Waals surface area contributed by atoms with Gasteiger partial charge in [0.05, 0.1) is 0 Å². The Labute approximate surface area is 276 Å². The van der Waals surface area contributed by atoms with Crippen molar-refractivity contribution in [1.29, 1.82) is 0 Å². The Hall–Kier alpha value is -4.18. The Bertz CT molecular complexity index is 1620. The molecule has 1 nitrogen and oxygen atoms in total. The Kier molecular flexibility index (Phi) is 11.1. The minimum absolute atomic E-state index is 0.835. The molecule has 0 saturated heterocycles. The second kappa shape index (κ2) is 16.2. The molecule has 6 rings (SSSR count). The Morgan fingerprint density at radius 3 is 1.13 bits per heavy atom. The minimum atomic E-state index is 0.835. The highest BCUT2D eigenvalue weighted by Gasteiger charge is 2.10. The van der Waals surface area contributed by atoms with Gasteiger partial charge in [0.1, 0.15) is 11.5 Å². The van der Waals surface area contributed by atoms with Crippen molar-refractivity contribution in [3.63, 3.8) is 0 Å². The van der Waals surface area contributed by atoms with Crippen LogP contribution in [0.2, 0.25) is 0 Å². The van der Waals surface area contributed by atoms with Crippen LogP contribution in [0.1, 0.15) is 33.4 Å². The van der Waals surface area contributed by atoms with Crippen molar-refractivity contribution in [2.45, 2.75) is 35.5 Å². The highest BCUT2D eigenvalue weighted by Crippen LogP contribution is 2.31. The lowest BCUT2D eigenvalue weighted by molar-refractivity contribution is 0.472. The van der Waals surface area contributed by atoms with E-state index in [1.54, 1.807) is 0 Å². The Morgan fingerprint density at radius 2 is 0.711 bits per heavy atom. The number of ether oxygens (including phenoxy) is 1. The van der Waals surface area contributed by atoms with Crippen LogP contribution in [0.3, 0.4) is 0 Å². The summed E-state index contributed by atoms with van der Waals surface area (Å²) in [5, 5.41) is 0. The molecule has 0 saturated carbocycles. The zero-order valence-electron chi connectivity index (χ0n) is 25.5. The van der Waals surface area contributed by atoms with E-state index in [0.717, 1.165) is 48.7 Å². The van der Waals surface area contributed by atoms with Crippen LogP contribution in [-0.2, 0) is 25.7 Å². The summed E-state index contributed by atoms with van der Waals surface area (Å²) in [5.41, 5.74) is 7.72. The third-order valence-corrected chi connectivity index (χ3v) is 9.83. The first-order valence-corrected chi connectivity index (χ1v) is 17.6. The zero-order chi connectivity index (χ0) is 30.5. The van der Waals surface area contributed by atoms with Crippen molar-refractivity contribution < 1.29 is 4.74 Å². The fraction of sp³-hybridized carbons (Fsp3) is 0.143. The van der Waals surface area contributed by atoms with E-state index in [2.05, 4.69) is 158 Å². The molecule has 6 aromatic carbocycles. The van der Waals surface area contributed by atoms with E-state index in [4.69, 9.17) is 4.74 Å². The van der Waals surface area contributed by atoms with Crippen LogP contribution in [0.15, 0.2) is 168 Å². The van der Waals surface area contributed by atoms with Crippen LogP contribution in [0.5, 0.6) is 11.5 Å². The van der Waals surface area contributed by atoms with Gasteiger partial charge in [-0.25, -0.2) is 0 Å². The maximum atomic E-state index is 6.62. The molecule has 0 aromatic heterocycles. The average Bonchev–Trinajstić information content (AvgIpc) is 3.09. The van der Waals surface area contributed by atoms with Gasteiger partial charge in [0, 0.05) is 34.1 Å². The number of hydrogen-bond acceptors (Lipinski definition) is 3. The van der Waals surface area contributed by atoms with Gasteiger partial charge in [-0.2, -0.15) is 0 Å². The molecule has 0 unspecified atom stereocenters. The normalized spacial score (nSPS) is 10.9. The van der Waals surface area contributed by atoms with Crippen LogP contribution in [0.25, 0.3) is 0 Å². The fourth-order valence-corrected chi connectivity index (χ4v) is 7.16. The molecule has 0 atom stereocenters. The third kappa shape index (κ3) is 9.41. The van der Waals surface area contributed by atoms with E-state index in [9.17, 15) is 0 Å². The molecule has 0 bridgehead atoms. The smallest absolute Gasteiger partial charge is 0.130 e. The number of hydrogen-bond donors (Lipinski definition) is 0. The molecule has 0 fully saturated rings. The molecular weight excluding hydrogens is 585 g/mol. The van der Waals surface area contributed by atoms with Crippen molar-refractivity contribution in [2.75, 3.05) is 11.5 Å². The van der Waals surface area contributed by atoms with E-state index >= 15 is 0 Å². The van der Waals surface area contributed by atoms with Gasteiger partial charge < -0.3 is 4.74 Å². The number of thioether (sulfide) groups is 2. The largest absolute Gasteiger partial charge is 0.457 e. The molecule has 0 aliphatic carbocycles. The van der Waals surface area contributed by atoms with Crippen LogP contribution in [0.4, 0.5) is 0 Å². The van der Waals surface area contributed by atoms with Gasteiger partial charge in [0.2, 0.25) is 0 Å². The first-order chi connectivity index (χ1) is 22.3. The Morgan fingerprint density at radius 1 is 0.356 bits per heavy atom. The van der Waals surface area contributed by atoms with Crippen molar-refractivity contribution in [1.82, 2.24) is 0 Å². The van der Waals surface area contributed by atoms with Gasteiger partial charge >= 0.3 is 0 Å². The van der Waals surface area contributed by atoms with Gasteiger partial charge in [0.25, 0.3) is 0 Å². The molecule has 224 valence electrons. The molecule has 0 heterocycles. The van der Waals surface area contributed by atoms with E-state index in [1.807, 2.05) is 23.5 Å². The number of benzene rings is 6. The van der Waals surface area contributed by atoms with E-state index < -0.39 is 0 Å². The summed E-state index contributed by atoms with van der Waals surface area (Å²) in [4.78, 5) is 2.66. The van der Waals surface area contributed by atoms with Crippen LogP contribution in [-0.4, -0.2) is 11.5 Å². The molecule has 3 heteroatoms. The standard InChI is InChI=1S/C42H38OS2/c1-3-13-39(14-4-1)44-29-27-33-19-23-35(24-20-33)31-37-11-7-9-17-41(37)43-42-18-10-8-12-38(42)32-36-25-21-34(22-26-36)28-30-45-40-15-5-2-6-16-40/h1-26H,27-32H2. The lowest BCUT2D eigenvalue weighted by atomic mass is 10.0. The monoisotopic (exact) mass is 622 g/mol. The van der Waals surface area contributed by atoms with Crippen LogP contribution >= 0.6 is 23.5 Å². The number of aryl methyl sites for hydroxylation is 2. The summed E-state index contributed by atoms with van der Waals surface area (Å²) in [6.07, 6.45) is 3.79. The van der Waals surface area contributed by atoms with Crippen LogP contribution in [0, 0.1) is 0 Å². The molecule has 0 radical (unpaired) electrons. The first kappa shape index (κ1) is 30.8. The predicted octanol–water partition coefficient (Wildman–Crippen LogP) is 11.3. The molecular formula is C42H38OS2. The maximum absolute atomic E-state index is 6.62. The Balaban J connectivity index is 1.05. The van der Waals surface area contributed by atoms with Gasteiger partial charge in [-0.1, -0.05) is 121 Å². The summed E-state index contributed by atoms with van der Waals surface area (Å²) in [7, 11) is 0. The average molecular weight is 623 g/mol. The van der Waals surface area contributed by atoms with E-state index in [1.165, 1.54) is 43.2 Å². The lowest BCUT2D eigenvalue weighted by Gasteiger charge is -2.15. The molecule has 45 heavy (non-hydrogen) atoms. The molecule has 0 spiro atoms. The van der Waals surface area contributed by atoms with Crippen molar-refractivity contribution in [2.24, 2.45) is 0 Å². The van der Waals surface area contributed by atoms with Crippen molar-refractivity contribution >= 4 is 23.5 Å². The maximum Gasteiger partial charge on any atom is 0.130 e. The number of para-hydroxylation sites is 2. The predicted molar refractivity (Wildman–Crippen MR) is 193 cm³/mol. The molecule has 0 aliphatic rings. The summed E-state index contributed by atoms with van der Waals surface area (Å²) >= 11 is 3.82. The highest BCUT2D eigenvalue weighted by atomic mass is 32.2. The minimum Gasteiger partial charge on any atom is -0.457 e. The highest BCUT2D eigenvalue weighted by molar-refractivity contribution is 7.99. The molecule has 0 aliphatic heterocycles. The molecule has 6 aromatic rings. The third-order valence-electron chi connectivity index (χ3n) is 7.81. The summed E-state index contributed by atoms with van der Waals surface area (Å²) in [5.74, 6) is 3.99. The molecule has 0 amide bonds. The van der Waals surface area contributed by atoms with Crippen LogP contribution < -0.4 is 4.74 Å². The first-order valence-electron chi connectivity index (χ1n) is 15.6. The second-order valence-electron chi connectivity index (χ2n) is 11.1. The van der Waals surface area contributed by atoms with Gasteiger partial charge in [-0.3, -0.25) is 0 Å². The van der Waals surface area contributed by atoms with Crippen molar-refractivity contribution in [3.8, 4) is 11.5 Å².